The number of fused-ring (bicyclic) bond motifs is 1. The zero-order valence-corrected chi connectivity index (χ0v) is 13.2. The Labute approximate surface area is 135 Å². The van der Waals surface area contributed by atoms with E-state index in [4.69, 9.17) is 0 Å². The van der Waals surface area contributed by atoms with E-state index in [9.17, 15) is 0 Å². The van der Waals surface area contributed by atoms with Gasteiger partial charge in [-0.25, -0.2) is 0 Å². The minimum Gasteiger partial charge on any atom is -0.367 e. The van der Waals surface area contributed by atoms with E-state index < -0.39 is 0 Å². The molecule has 0 bridgehead atoms. The summed E-state index contributed by atoms with van der Waals surface area (Å²) in [5, 5.41) is 9.68. The maximum Gasteiger partial charge on any atom is 0.151 e. The fraction of sp³-hybridized carbons (Fsp3) is 0.278. The van der Waals surface area contributed by atoms with E-state index in [1.54, 1.807) is 0 Å². The molecule has 3 heterocycles. The summed E-state index contributed by atoms with van der Waals surface area (Å²) in [7, 11) is 0. The van der Waals surface area contributed by atoms with Gasteiger partial charge < -0.3 is 9.80 Å². The molecule has 0 unspecified atom stereocenters. The molecule has 1 aromatic carbocycles. The SMILES string of the molecule is Cc1ccc(N2CCN(c3ccnc4ccccc34)CC2)nn1. The van der Waals surface area contributed by atoms with Crippen LogP contribution in [0, 0.1) is 6.92 Å². The summed E-state index contributed by atoms with van der Waals surface area (Å²) in [5.74, 6) is 0.967. The standard InChI is InChI=1S/C18H19N5/c1-14-6-7-18(21-20-14)23-12-10-22(11-13-23)17-8-9-19-16-5-3-2-4-15(16)17/h2-9H,10-13H2,1H3. The van der Waals surface area contributed by atoms with Crippen molar-refractivity contribution in [1.82, 2.24) is 15.2 Å². The van der Waals surface area contributed by atoms with Gasteiger partial charge in [0.2, 0.25) is 0 Å². The Morgan fingerprint density at radius 1 is 0.826 bits per heavy atom. The van der Waals surface area contributed by atoms with Gasteiger partial charge in [-0.2, -0.15) is 5.10 Å². The number of aromatic nitrogens is 3. The summed E-state index contributed by atoms with van der Waals surface area (Å²) in [6, 6.07) is 14.5. The number of rotatable bonds is 2. The second kappa shape index (κ2) is 5.83. The number of nitrogens with zero attached hydrogens (tertiary/aromatic N) is 5. The van der Waals surface area contributed by atoms with Crippen LogP contribution in [0.2, 0.25) is 0 Å². The second-order valence-corrected chi connectivity index (χ2v) is 5.85. The maximum absolute atomic E-state index is 4.45. The first-order valence-corrected chi connectivity index (χ1v) is 7.95. The van der Waals surface area contributed by atoms with Gasteiger partial charge in [-0.1, -0.05) is 18.2 Å². The van der Waals surface area contributed by atoms with Gasteiger partial charge in [0.15, 0.2) is 5.82 Å². The van der Waals surface area contributed by atoms with Gasteiger partial charge in [0.25, 0.3) is 0 Å². The van der Waals surface area contributed by atoms with Crippen LogP contribution < -0.4 is 9.80 Å². The molecule has 0 saturated carbocycles. The molecule has 1 aliphatic rings. The van der Waals surface area contributed by atoms with Crippen molar-refractivity contribution in [3.63, 3.8) is 0 Å². The molecule has 1 aliphatic heterocycles. The largest absolute Gasteiger partial charge is 0.367 e. The third kappa shape index (κ3) is 2.70. The Morgan fingerprint density at radius 3 is 2.39 bits per heavy atom. The van der Waals surface area contributed by atoms with Crippen molar-refractivity contribution in [3.05, 3.63) is 54.4 Å². The van der Waals surface area contributed by atoms with Crippen molar-refractivity contribution in [2.45, 2.75) is 6.92 Å². The summed E-state index contributed by atoms with van der Waals surface area (Å²) in [5.41, 5.74) is 3.28. The Morgan fingerprint density at radius 2 is 1.61 bits per heavy atom. The number of aryl methyl sites for hydroxylation is 1. The highest BCUT2D eigenvalue weighted by molar-refractivity contribution is 5.91. The molecule has 23 heavy (non-hydrogen) atoms. The van der Waals surface area contributed by atoms with Gasteiger partial charge in [-0.3, -0.25) is 4.98 Å². The smallest absolute Gasteiger partial charge is 0.151 e. The lowest BCUT2D eigenvalue weighted by molar-refractivity contribution is 0.644. The van der Waals surface area contributed by atoms with Crippen LogP contribution in [0.15, 0.2) is 48.7 Å². The van der Waals surface area contributed by atoms with Crippen molar-refractivity contribution in [1.29, 1.82) is 0 Å². The molecule has 1 saturated heterocycles. The van der Waals surface area contributed by atoms with Crippen molar-refractivity contribution in [2.24, 2.45) is 0 Å². The fourth-order valence-corrected chi connectivity index (χ4v) is 3.09. The molecule has 4 rings (SSSR count). The minimum absolute atomic E-state index is 0.953. The predicted molar refractivity (Wildman–Crippen MR) is 92.9 cm³/mol. The van der Waals surface area contributed by atoms with E-state index in [0.29, 0.717) is 0 Å². The zero-order chi connectivity index (χ0) is 15.6. The van der Waals surface area contributed by atoms with Crippen LogP contribution in [-0.2, 0) is 0 Å². The average Bonchev–Trinajstić information content (AvgIpc) is 2.62. The number of anilines is 2. The highest BCUT2D eigenvalue weighted by Crippen LogP contribution is 2.26. The van der Waals surface area contributed by atoms with Crippen LogP contribution in [0.5, 0.6) is 0 Å². The summed E-state index contributed by atoms with van der Waals surface area (Å²) in [6.45, 7) is 5.82. The number of para-hydroxylation sites is 1. The first-order chi connectivity index (χ1) is 11.3. The Bertz CT molecular complexity index is 802. The second-order valence-electron chi connectivity index (χ2n) is 5.85. The van der Waals surface area contributed by atoms with Crippen LogP contribution in [0.25, 0.3) is 10.9 Å². The van der Waals surface area contributed by atoms with Crippen LogP contribution in [0.4, 0.5) is 11.5 Å². The molecule has 3 aromatic rings. The highest BCUT2D eigenvalue weighted by Gasteiger charge is 2.19. The van der Waals surface area contributed by atoms with E-state index >= 15 is 0 Å². The van der Waals surface area contributed by atoms with E-state index in [0.717, 1.165) is 43.2 Å². The van der Waals surface area contributed by atoms with Crippen molar-refractivity contribution >= 4 is 22.4 Å². The van der Waals surface area contributed by atoms with Crippen LogP contribution in [0.1, 0.15) is 5.69 Å². The number of piperazine rings is 1. The predicted octanol–water partition coefficient (Wildman–Crippen LogP) is 2.66. The zero-order valence-electron chi connectivity index (χ0n) is 13.2. The molecule has 0 N–H and O–H groups in total. The molecule has 5 heteroatoms. The number of hydrogen-bond donors (Lipinski definition) is 0. The van der Waals surface area contributed by atoms with Gasteiger partial charge in [0.1, 0.15) is 0 Å². The summed E-state index contributed by atoms with van der Waals surface area (Å²) in [6.07, 6.45) is 1.90. The molecule has 5 nitrogen and oxygen atoms in total. The molecule has 116 valence electrons. The van der Waals surface area contributed by atoms with Gasteiger partial charge in [-0.15, -0.1) is 5.10 Å². The third-order valence-electron chi connectivity index (χ3n) is 4.35. The Balaban J connectivity index is 1.54. The molecule has 0 amide bonds. The fourth-order valence-electron chi connectivity index (χ4n) is 3.09. The van der Waals surface area contributed by atoms with Gasteiger partial charge in [0, 0.05) is 43.4 Å². The van der Waals surface area contributed by atoms with Gasteiger partial charge in [-0.05, 0) is 31.2 Å². The minimum atomic E-state index is 0.953. The van der Waals surface area contributed by atoms with E-state index in [1.165, 1.54) is 11.1 Å². The summed E-state index contributed by atoms with van der Waals surface area (Å²) in [4.78, 5) is 9.18. The molecule has 0 spiro atoms. The summed E-state index contributed by atoms with van der Waals surface area (Å²) < 4.78 is 0. The number of pyridine rings is 1. The highest BCUT2D eigenvalue weighted by atomic mass is 15.3. The topological polar surface area (TPSA) is 45.2 Å². The van der Waals surface area contributed by atoms with Crippen LogP contribution in [-0.4, -0.2) is 41.4 Å². The molecule has 2 aromatic heterocycles. The molecule has 0 atom stereocenters. The molecular formula is C18H19N5. The quantitative estimate of drug-likeness (QED) is 0.728. The molecule has 0 aliphatic carbocycles. The number of benzene rings is 1. The van der Waals surface area contributed by atoms with Crippen molar-refractivity contribution in [2.75, 3.05) is 36.0 Å². The lowest BCUT2D eigenvalue weighted by Crippen LogP contribution is -2.47. The van der Waals surface area contributed by atoms with E-state index in [1.807, 2.05) is 25.3 Å². The molecule has 1 fully saturated rings. The first kappa shape index (κ1) is 13.9. The summed E-state index contributed by atoms with van der Waals surface area (Å²) >= 11 is 0. The Kier molecular flexibility index (Phi) is 3.54. The van der Waals surface area contributed by atoms with Crippen molar-refractivity contribution in [3.8, 4) is 0 Å². The first-order valence-electron chi connectivity index (χ1n) is 7.95. The van der Waals surface area contributed by atoms with Gasteiger partial charge in [0.05, 0.1) is 11.2 Å². The van der Waals surface area contributed by atoms with Crippen LogP contribution in [0.3, 0.4) is 0 Å². The lowest BCUT2D eigenvalue weighted by Gasteiger charge is -2.36. The molecular weight excluding hydrogens is 286 g/mol. The number of hydrogen-bond acceptors (Lipinski definition) is 5. The average molecular weight is 305 g/mol. The normalized spacial score (nSPS) is 15.2. The molecule has 0 radical (unpaired) electrons. The van der Waals surface area contributed by atoms with Gasteiger partial charge >= 0.3 is 0 Å². The third-order valence-corrected chi connectivity index (χ3v) is 4.35. The van der Waals surface area contributed by atoms with Crippen LogP contribution >= 0.6 is 0 Å². The lowest BCUT2D eigenvalue weighted by atomic mass is 10.1. The maximum atomic E-state index is 4.45. The monoisotopic (exact) mass is 305 g/mol. The Hall–Kier alpha value is -2.69. The van der Waals surface area contributed by atoms with Crippen molar-refractivity contribution < 1.29 is 0 Å². The van der Waals surface area contributed by atoms with E-state index in [2.05, 4.69) is 55.3 Å². The van der Waals surface area contributed by atoms with E-state index in [-0.39, 0.29) is 0 Å².